The molecule has 5 rings (SSSR count). The highest BCUT2D eigenvalue weighted by molar-refractivity contribution is 7.22. The number of hydrogen-bond donors (Lipinski definition) is 2. The number of piperidine rings is 1. The number of nitrogens with zero attached hydrogens (tertiary/aromatic N) is 1. The molecular formula is C32H34ClN3O4S. The molecule has 1 aromatic heterocycles. The number of ether oxygens (including phenoxy) is 1. The van der Waals surface area contributed by atoms with Crippen molar-refractivity contribution < 1.29 is 19.1 Å². The monoisotopic (exact) mass is 591 g/mol. The molecule has 0 radical (unpaired) electrons. The van der Waals surface area contributed by atoms with E-state index in [4.69, 9.17) is 4.74 Å². The number of benzene rings is 3. The van der Waals surface area contributed by atoms with Gasteiger partial charge in [0, 0.05) is 57.9 Å². The van der Waals surface area contributed by atoms with Gasteiger partial charge in [0.25, 0.3) is 11.8 Å². The minimum Gasteiger partial charge on any atom is -0.492 e. The first-order valence-corrected chi connectivity index (χ1v) is 14.4. The van der Waals surface area contributed by atoms with Crippen LogP contribution in [0.5, 0.6) is 5.75 Å². The largest absolute Gasteiger partial charge is 0.492 e. The molecular weight excluding hydrogens is 558 g/mol. The van der Waals surface area contributed by atoms with Crippen molar-refractivity contribution in [2.45, 2.75) is 19.3 Å². The quantitative estimate of drug-likeness (QED) is 0.240. The van der Waals surface area contributed by atoms with Crippen LogP contribution in [0.4, 0.5) is 0 Å². The zero-order valence-corrected chi connectivity index (χ0v) is 24.8. The first kappa shape index (κ1) is 30.2. The number of likely N-dealkylation sites (tertiary alicyclic amines) is 1. The van der Waals surface area contributed by atoms with E-state index in [0.717, 1.165) is 45.9 Å². The van der Waals surface area contributed by atoms with Gasteiger partial charge in [0.15, 0.2) is 5.78 Å². The molecule has 1 aliphatic heterocycles. The third-order valence-corrected chi connectivity index (χ3v) is 8.49. The topological polar surface area (TPSA) is 87.7 Å². The smallest absolute Gasteiger partial charge is 0.251 e. The van der Waals surface area contributed by atoms with Crippen LogP contribution in [-0.2, 0) is 0 Å². The van der Waals surface area contributed by atoms with Crippen molar-refractivity contribution in [1.29, 1.82) is 0 Å². The van der Waals surface area contributed by atoms with Gasteiger partial charge in [-0.05, 0) is 80.0 Å². The number of nitrogens with one attached hydrogen (secondary N) is 2. The average Bonchev–Trinajstić information content (AvgIpc) is 3.39. The van der Waals surface area contributed by atoms with E-state index in [1.54, 1.807) is 44.4 Å². The van der Waals surface area contributed by atoms with E-state index in [2.05, 4.69) is 15.5 Å². The molecule has 1 fully saturated rings. The highest BCUT2D eigenvalue weighted by Crippen LogP contribution is 2.40. The minimum absolute atomic E-state index is 0. The van der Waals surface area contributed by atoms with Gasteiger partial charge in [-0.15, -0.1) is 23.7 Å². The summed E-state index contributed by atoms with van der Waals surface area (Å²) in [5.74, 6) is 0.274. The molecule has 1 saturated heterocycles. The van der Waals surface area contributed by atoms with E-state index < -0.39 is 0 Å². The molecule has 214 valence electrons. The SMILES string of the molecule is CNC(=O)c1ccc(-c2sc3cc(C(=O)NC)ccc3c2C(=O)c2ccc(OCCN3CCCCC3)cc2)cc1.Cl. The second-order valence-corrected chi connectivity index (χ2v) is 10.9. The van der Waals surface area contributed by atoms with E-state index in [0.29, 0.717) is 28.9 Å². The summed E-state index contributed by atoms with van der Waals surface area (Å²) in [5.41, 5.74) is 3.04. The number of halogens is 1. The Morgan fingerprint density at radius 2 is 1.41 bits per heavy atom. The van der Waals surface area contributed by atoms with Gasteiger partial charge >= 0.3 is 0 Å². The number of carbonyl (C=O) groups excluding carboxylic acids is 3. The Labute approximate surface area is 250 Å². The first-order valence-electron chi connectivity index (χ1n) is 13.6. The van der Waals surface area contributed by atoms with E-state index in [1.165, 1.54) is 30.6 Å². The lowest BCUT2D eigenvalue weighted by atomic mass is 9.96. The highest BCUT2D eigenvalue weighted by Gasteiger charge is 2.23. The van der Waals surface area contributed by atoms with E-state index in [1.807, 2.05) is 36.4 Å². The Morgan fingerprint density at radius 1 is 0.805 bits per heavy atom. The fourth-order valence-corrected chi connectivity index (χ4v) is 6.30. The van der Waals surface area contributed by atoms with Crippen molar-refractivity contribution in [3.05, 3.63) is 89.0 Å². The van der Waals surface area contributed by atoms with Crippen LogP contribution < -0.4 is 15.4 Å². The molecule has 7 nitrogen and oxygen atoms in total. The normalized spacial score (nSPS) is 13.3. The lowest BCUT2D eigenvalue weighted by Crippen LogP contribution is -2.33. The molecule has 3 aromatic carbocycles. The van der Waals surface area contributed by atoms with Crippen molar-refractivity contribution in [3.8, 4) is 16.2 Å². The molecule has 0 bridgehead atoms. The molecule has 9 heteroatoms. The van der Waals surface area contributed by atoms with Crippen LogP contribution in [0, 0.1) is 0 Å². The Hall–Kier alpha value is -3.72. The van der Waals surface area contributed by atoms with Crippen LogP contribution in [0.15, 0.2) is 66.7 Å². The third kappa shape index (κ3) is 6.78. The first-order chi connectivity index (χ1) is 19.5. The summed E-state index contributed by atoms with van der Waals surface area (Å²) in [4.78, 5) is 41.5. The molecule has 0 aliphatic carbocycles. The number of fused-ring (bicyclic) bond motifs is 1. The summed E-state index contributed by atoms with van der Waals surface area (Å²) < 4.78 is 6.80. The fraction of sp³-hybridized carbons (Fsp3) is 0.281. The molecule has 2 heterocycles. The minimum atomic E-state index is -0.185. The van der Waals surface area contributed by atoms with Crippen LogP contribution >= 0.6 is 23.7 Å². The maximum atomic E-state index is 14.0. The van der Waals surface area contributed by atoms with Gasteiger partial charge in [-0.1, -0.05) is 24.6 Å². The lowest BCUT2D eigenvalue weighted by molar-refractivity contribution is 0.0955. The van der Waals surface area contributed by atoms with E-state index in [9.17, 15) is 14.4 Å². The summed E-state index contributed by atoms with van der Waals surface area (Å²) in [5, 5.41) is 6.07. The molecule has 2 N–H and O–H groups in total. The van der Waals surface area contributed by atoms with Crippen LogP contribution in [0.25, 0.3) is 20.5 Å². The predicted molar refractivity (Wildman–Crippen MR) is 167 cm³/mol. The van der Waals surface area contributed by atoms with Gasteiger partial charge in [-0.3, -0.25) is 19.3 Å². The number of amides is 2. The Morgan fingerprint density at radius 3 is 2.07 bits per heavy atom. The number of ketones is 1. The maximum Gasteiger partial charge on any atom is 0.251 e. The number of thiophene rings is 1. The van der Waals surface area contributed by atoms with Crippen LogP contribution in [-0.4, -0.2) is 62.8 Å². The fourth-order valence-electron chi connectivity index (χ4n) is 5.05. The summed E-state index contributed by atoms with van der Waals surface area (Å²) >= 11 is 1.46. The Balaban J connectivity index is 0.00000387. The van der Waals surface area contributed by atoms with Gasteiger partial charge in [0.2, 0.25) is 0 Å². The second kappa shape index (κ2) is 13.8. The Kier molecular flexibility index (Phi) is 10.2. The average molecular weight is 592 g/mol. The molecule has 0 unspecified atom stereocenters. The molecule has 0 spiro atoms. The van der Waals surface area contributed by atoms with Crippen molar-refractivity contribution in [2.75, 3.05) is 40.3 Å². The van der Waals surface area contributed by atoms with Crippen LogP contribution in [0.2, 0.25) is 0 Å². The second-order valence-electron chi connectivity index (χ2n) is 9.86. The summed E-state index contributed by atoms with van der Waals surface area (Å²) in [6.07, 6.45) is 3.81. The predicted octanol–water partition coefficient (Wildman–Crippen LogP) is 5.81. The summed E-state index contributed by atoms with van der Waals surface area (Å²) in [7, 11) is 3.18. The number of rotatable bonds is 9. The highest BCUT2D eigenvalue weighted by atomic mass is 35.5. The number of hydrogen-bond acceptors (Lipinski definition) is 6. The summed E-state index contributed by atoms with van der Waals surface area (Å²) in [6.45, 7) is 3.79. The van der Waals surface area contributed by atoms with Gasteiger partial charge in [-0.25, -0.2) is 0 Å². The molecule has 0 saturated carbocycles. The third-order valence-electron chi connectivity index (χ3n) is 7.28. The maximum absolute atomic E-state index is 14.0. The molecule has 0 atom stereocenters. The molecule has 4 aromatic rings. The van der Waals surface area contributed by atoms with Gasteiger partial charge in [0.1, 0.15) is 12.4 Å². The van der Waals surface area contributed by atoms with E-state index >= 15 is 0 Å². The van der Waals surface area contributed by atoms with E-state index in [-0.39, 0.29) is 30.0 Å². The zero-order chi connectivity index (χ0) is 28.1. The van der Waals surface area contributed by atoms with Gasteiger partial charge in [-0.2, -0.15) is 0 Å². The van der Waals surface area contributed by atoms with Gasteiger partial charge < -0.3 is 15.4 Å². The molecule has 2 amide bonds. The lowest BCUT2D eigenvalue weighted by Gasteiger charge is -2.26. The van der Waals surface area contributed by atoms with Crippen LogP contribution in [0.1, 0.15) is 55.9 Å². The summed E-state index contributed by atoms with van der Waals surface area (Å²) in [6, 6.07) is 19.9. The Bertz CT molecular complexity index is 1530. The standard InChI is InChI=1S/C32H33N3O4S.ClH/c1-33-31(37)23-8-6-22(7-9-23)30-28(26-15-12-24(32(38)34-2)20-27(26)40-30)29(36)21-10-13-25(14-11-21)39-19-18-35-16-4-3-5-17-35;/h6-15,20H,3-5,16-19H2,1-2H3,(H,33,37)(H,34,38);1H. The van der Waals surface area contributed by atoms with Crippen molar-refractivity contribution in [3.63, 3.8) is 0 Å². The number of carbonyl (C=O) groups is 3. The van der Waals surface area contributed by atoms with Crippen molar-refractivity contribution in [2.24, 2.45) is 0 Å². The zero-order valence-electron chi connectivity index (χ0n) is 23.2. The van der Waals surface area contributed by atoms with Crippen molar-refractivity contribution >= 4 is 51.4 Å². The van der Waals surface area contributed by atoms with Crippen molar-refractivity contribution in [1.82, 2.24) is 15.5 Å². The molecule has 41 heavy (non-hydrogen) atoms. The van der Waals surface area contributed by atoms with Crippen LogP contribution in [0.3, 0.4) is 0 Å². The molecule has 1 aliphatic rings. The van der Waals surface area contributed by atoms with Gasteiger partial charge in [0.05, 0.1) is 0 Å².